The van der Waals surface area contributed by atoms with Crippen molar-refractivity contribution in [3.05, 3.63) is 46.9 Å². The maximum Gasteiger partial charge on any atom is 0.337 e. The molecule has 0 aliphatic heterocycles. The van der Waals surface area contributed by atoms with Gasteiger partial charge in [-0.15, -0.1) is 0 Å². The van der Waals surface area contributed by atoms with E-state index in [0.717, 1.165) is 0 Å². The van der Waals surface area contributed by atoms with Crippen LogP contribution in [-0.4, -0.2) is 23.2 Å². The summed E-state index contributed by atoms with van der Waals surface area (Å²) in [4.78, 5) is 14.9. The van der Waals surface area contributed by atoms with Crippen molar-refractivity contribution in [1.29, 1.82) is 0 Å². The Bertz CT molecular complexity index is 664. The summed E-state index contributed by atoms with van der Waals surface area (Å²) in [7, 11) is 1.37. The van der Waals surface area contributed by atoms with Gasteiger partial charge in [0.25, 0.3) is 0 Å². The third kappa shape index (κ3) is 2.97. The lowest BCUT2D eigenvalue weighted by Gasteiger charge is -2.08. The zero-order chi connectivity index (χ0) is 14.7. The van der Waals surface area contributed by atoms with Gasteiger partial charge in [-0.2, -0.15) is 0 Å². The number of aromatic carboxylic acids is 1. The molecule has 0 saturated carbocycles. The molecule has 20 heavy (non-hydrogen) atoms. The average Bonchev–Trinajstić information content (AvgIpc) is 2.41. The van der Waals surface area contributed by atoms with Gasteiger partial charge in [0.05, 0.1) is 17.7 Å². The number of nitrogens with zero attached hydrogens (tertiary/aromatic N) is 1. The van der Waals surface area contributed by atoms with E-state index in [4.69, 9.17) is 21.4 Å². The monoisotopic (exact) mass is 296 g/mol. The lowest BCUT2D eigenvalue weighted by Crippen LogP contribution is -2.01. The number of nitrogens with one attached hydrogen (secondary N) is 1. The lowest BCUT2D eigenvalue weighted by atomic mass is 10.2. The molecule has 5 nitrogen and oxygen atoms in total. The van der Waals surface area contributed by atoms with Gasteiger partial charge in [-0.1, -0.05) is 11.6 Å². The zero-order valence-electron chi connectivity index (χ0n) is 10.4. The Balaban J connectivity index is 2.28. The Labute approximate surface area is 119 Å². The molecule has 1 aromatic carbocycles. The highest BCUT2D eigenvalue weighted by Crippen LogP contribution is 2.24. The van der Waals surface area contributed by atoms with Gasteiger partial charge in [-0.25, -0.2) is 14.2 Å². The SMILES string of the molecule is COc1ccc(Nc2cc(C(=O)O)c(Cl)cn2)cc1F. The van der Waals surface area contributed by atoms with Crippen molar-refractivity contribution in [3.8, 4) is 5.75 Å². The van der Waals surface area contributed by atoms with Crippen LogP contribution in [0.1, 0.15) is 10.4 Å². The molecular weight excluding hydrogens is 287 g/mol. The van der Waals surface area contributed by atoms with Crippen LogP contribution in [0.25, 0.3) is 0 Å². The number of pyridine rings is 1. The zero-order valence-corrected chi connectivity index (χ0v) is 11.1. The minimum Gasteiger partial charge on any atom is -0.494 e. The van der Waals surface area contributed by atoms with Gasteiger partial charge < -0.3 is 15.2 Å². The molecule has 0 unspecified atom stereocenters. The molecule has 0 fully saturated rings. The molecule has 0 spiro atoms. The summed E-state index contributed by atoms with van der Waals surface area (Å²) >= 11 is 5.71. The second kappa shape index (κ2) is 5.75. The fourth-order valence-corrected chi connectivity index (χ4v) is 1.75. The molecule has 2 N–H and O–H groups in total. The van der Waals surface area contributed by atoms with Gasteiger partial charge in [-0.3, -0.25) is 0 Å². The van der Waals surface area contributed by atoms with Crippen LogP contribution in [0.3, 0.4) is 0 Å². The average molecular weight is 297 g/mol. The molecule has 0 amide bonds. The van der Waals surface area contributed by atoms with Gasteiger partial charge in [0, 0.05) is 18.0 Å². The molecular formula is C13H10ClFN2O3. The Kier molecular flexibility index (Phi) is 4.05. The van der Waals surface area contributed by atoms with Crippen molar-refractivity contribution in [2.75, 3.05) is 12.4 Å². The summed E-state index contributed by atoms with van der Waals surface area (Å²) in [6.07, 6.45) is 1.22. The fraction of sp³-hybridized carbons (Fsp3) is 0.0769. The minimum atomic E-state index is -1.17. The van der Waals surface area contributed by atoms with Crippen molar-refractivity contribution >= 4 is 29.1 Å². The van der Waals surface area contributed by atoms with Crippen molar-refractivity contribution in [2.24, 2.45) is 0 Å². The normalized spacial score (nSPS) is 10.2. The van der Waals surface area contributed by atoms with Crippen LogP contribution in [0, 0.1) is 5.82 Å². The van der Waals surface area contributed by atoms with Crippen LogP contribution in [0.15, 0.2) is 30.5 Å². The first-order valence-electron chi connectivity index (χ1n) is 5.50. The molecule has 0 radical (unpaired) electrons. The molecule has 0 aliphatic rings. The van der Waals surface area contributed by atoms with E-state index in [-0.39, 0.29) is 22.2 Å². The first-order chi connectivity index (χ1) is 9.51. The highest BCUT2D eigenvalue weighted by Gasteiger charge is 2.11. The van der Waals surface area contributed by atoms with E-state index in [2.05, 4.69) is 10.3 Å². The first-order valence-corrected chi connectivity index (χ1v) is 5.88. The summed E-state index contributed by atoms with van der Waals surface area (Å²) in [6, 6.07) is 5.52. The number of anilines is 2. The fourth-order valence-electron chi connectivity index (χ4n) is 1.56. The summed E-state index contributed by atoms with van der Waals surface area (Å²) < 4.78 is 18.3. The lowest BCUT2D eigenvalue weighted by molar-refractivity contribution is 0.0697. The Hall–Kier alpha value is -2.34. The van der Waals surface area contributed by atoms with E-state index in [1.165, 1.54) is 31.5 Å². The van der Waals surface area contributed by atoms with Crippen LogP contribution < -0.4 is 10.1 Å². The largest absolute Gasteiger partial charge is 0.494 e. The molecule has 2 rings (SSSR count). The van der Waals surface area contributed by atoms with E-state index in [1.807, 2.05) is 0 Å². The number of benzene rings is 1. The second-order valence-corrected chi connectivity index (χ2v) is 4.24. The van der Waals surface area contributed by atoms with Crippen molar-refractivity contribution < 1.29 is 19.0 Å². The number of hydrogen-bond donors (Lipinski definition) is 2. The van der Waals surface area contributed by atoms with Crippen LogP contribution in [0.5, 0.6) is 5.75 Å². The number of methoxy groups -OCH3 is 1. The van der Waals surface area contributed by atoms with E-state index in [0.29, 0.717) is 5.69 Å². The third-order valence-electron chi connectivity index (χ3n) is 2.51. The summed E-state index contributed by atoms with van der Waals surface area (Å²) in [6.45, 7) is 0. The van der Waals surface area contributed by atoms with E-state index in [9.17, 15) is 9.18 Å². The van der Waals surface area contributed by atoms with Crippen LogP contribution in [-0.2, 0) is 0 Å². The van der Waals surface area contributed by atoms with E-state index >= 15 is 0 Å². The van der Waals surface area contributed by atoms with E-state index in [1.54, 1.807) is 6.07 Å². The Morgan fingerprint density at radius 3 is 2.80 bits per heavy atom. The smallest absolute Gasteiger partial charge is 0.337 e. The highest BCUT2D eigenvalue weighted by molar-refractivity contribution is 6.33. The van der Waals surface area contributed by atoms with Gasteiger partial charge in [-0.05, 0) is 18.2 Å². The maximum absolute atomic E-state index is 13.5. The number of ether oxygens (including phenoxy) is 1. The Morgan fingerprint density at radius 1 is 1.45 bits per heavy atom. The minimum absolute atomic E-state index is 0.0314. The van der Waals surface area contributed by atoms with Crippen LogP contribution in [0.2, 0.25) is 5.02 Å². The van der Waals surface area contributed by atoms with Crippen molar-refractivity contribution in [3.63, 3.8) is 0 Å². The van der Waals surface area contributed by atoms with Crippen LogP contribution in [0.4, 0.5) is 15.9 Å². The number of carboxylic acids is 1. The Morgan fingerprint density at radius 2 is 2.20 bits per heavy atom. The number of hydrogen-bond acceptors (Lipinski definition) is 4. The van der Waals surface area contributed by atoms with Gasteiger partial charge >= 0.3 is 5.97 Å². The van der Waals surface area contributed by atoms with Crippen molar-refractivity contribution in [1.82, 2.24) is 4.98 Å². The van der Waals surface area contributed by atoms with Gasteiger partial charge in [0.1, 0.15) is 5.82 Å². The number of carbonyl (C=O) groups is 1. The molecule has 7 heteroatoms. The summed E-state index contributed by atoms with van der Waals surface area (Å²) in [5.74, 6) is -1.34. The highest BCUT2D eigenvalue weighted by atomic mass is 35.5. The predicted molar refractivity (Wildman–Crippen MR) is 72.4 cm³/mol. The van der Waals surface area contributed by atoms with Gasteiger partial charge in [0.2, 0.25) is 0 Å². The molecule has 104 valence electrons. The molecule has 0 aliphatic carbocycles. The second-order valence-electron chi connectivity index (χ2n) is 3.83. The number of rotatable bonds is 4. The molecule has 2 aromatic rings. The molecule has 1 aromatic heterocycles. The molecule has 0 saturated heterocycles. The summed E-state index contributed by atoms with van der Waals surface area (Å²) in [5.41, 5.74) is 0.326. The molecule has 1 heterocycles. The quantitative estimate of drug-likeness (QED) is 0.905. The number of aromatic nitrogens is 1. The van der Waals surface area contributed by atoms with Crippen LogP contribution >= 0.6 is 11.6 Å². The summed E-state index contributed by atoms with van der Waals surface area (Å²) in [5, 5.41) is 11.8. The molecule has 0 bridgehead atoms. The maximum atomic E-state index is 13.5. The number of halogens is 2. The molecule has 0 atom stereocenters. The third-order valence-corrected chi connectivity index (χ3v) is 2.81. The van der Waals surface area contributed by atoms with Crippen molar-refractivity contribution in [2.45, 2.75) is 0 Å². The first kappa shape index (κ1) is 14.1. The van der Waals surface area contributed by atoms with Gasteiger partial charge in [0.15, 0.2) is 11.6 Å². The number of carboxylic acid groups (broad SMARTS) is 1. The standard InChI is InChI=1S/C13H10ClFN2O3/c1-20-11-3-2-7(4-10(11)15)17-12-5-8(13(18)19)9(14)6-16-12/h2-6H,1H3,(H,16,17)(H,18,19). The van der Waals surface area contributed by atoms with E-state index < -0.39 is 11.8 Å². The predicted octanol–water partition coefficient (Wildman–Crippen LogP) is 3.32. The topological polar surface area (TPSA) is 71.5 Å².